The van der Waals surface area contributed by atoms with Gasteiger partial charge in [0.05, 0.1) is 45.6 Å². The van der Waals surface area contributed by atoms with Crippen LogP contribution in [0.5, 0.6) is 0 Å². The van der Waals surface area contributed by atoms with Gasteiger partial charge in [-0.1, -0.05) is 35.3 Å². The highest BCUT2D eigenvalue weighted by Gasteiger charge is 2.46. The number of benzene rings is 2. The molecule has 0 bridgehead atoms. The predicted molar refractivity (Wildman–Crippen MR) is 121 cm³/mol. The highest BCUT2D eigenvalue weighted by atomic mass is 35.5. The Hall–Kier alpha value is -2.75. The van der Waals surface area contributed by atoms with Crippen LogP contribution in [0.2, 0.25) is 10.0 Å². The lowest BCUT2D eigenvalue weighted by atomic mass is 9.89. The first kappa shape index (κ1) is 23.9. The van der Waals surface area contributed by atoms with Crippen molar-refractivity contribution >= 4 is 40.5 Å². The fraction of sp³-hybridized carbons (Fsp3) is 0.381. The van der Waals surface area contributed by atoms with Gasteiger partial charge in [0, 0.05) is 38.0 Å². The first-order valence-corrected chi connectivity index (χ1v) is 10.8. The number of nitro benzene ring substituents is 2. The molecule has 0 saturated carbocycles. The molecule has 1 fully saturated rings. The molecule has 1 saturated heterocycles. The number of amides is 1. The van der Waals surface area contributed by atoms with E-state index in [0.717, 1.165) is 12.8 Å². The molecule has 1 amide bonds. The number of nitrogens with zero attached hydrogens (tertiary/aromatic N) is 3. The van der Waals surface area contributed by atoms with Crippen LogP contribution >= 0.6 is 23.2 Å². The first-order valence-electron chi connectivity index (χ1n) is 10.0. The van der Waals surface area contributed by atoms with Crippen LogP contribution in [0.1, 0.15) is 43.0 Å². The minimum absolute atomic E-state index is 0.0522. The van der Waals surface area contributed by atoms with Crippen molar-refractivity contribution < 1.29 is 19.1 Å². The molecule has 2 aromatic carbocycles. The van der Waals surface area contributed by atoms with E-state index in [2.05, 4.69) is 5.32 Å². The molecule has 1 N–H and O–H groups in total. The Bertz CT molecular complexity index is 1070. The number of hydrogen-bond acceptors (Lipinski definition) is 5. The minimum atomic E-state index is -0.772. The number of halogens is 2. The summed E-state index contributed by atoms with van der Waals surface area (Å²) < 4.78 is 0.395. The van der Waals surface area contributed by atoms with Crippen LogP contribution < -0.4 is 5.32 Å². The standard InChI is InChI=1S/C21H22Cl2N4O5/c1-13(28)24-20(14-6-5-7-15(10-14)25(29)30)21(27(2)8-3-4-9-27)16-11-17(22)18(23)12-19(16)26(31)32/h5-7,10-12,20-21H,3-4,8-9H2,1-2H3/p+1/t20-,21?/m0/s1. The van der Waals surface area contributed by atoms with E-state index in [0.29, 0.717) is 28.7 Å². The van der Waals surface area contributed by atoms with Gasteiger partial charge in [-0.2, -0.15) is 0 Å². The zero-order valence-corrected chi connectivity index (χ0v) is 19.1. The van der Waals surface area contributed by atoms with Crippen molar-refractivity contribution in [3.8, 4) is 0 Å². The van der Waals surface area contributed by atoms with Gasteiger partial charge in [0.1, 0.15) is 12.1 Å². The van der Waals surface area contributed by atoms with E-state index < -0.39 is 21.9 Å². The molecule has 0 spiro atoms. The molecule has 3 rings (SSSR count). The van der Waals surface area contributed by atoms with Crippen LogP contribution in [0.4, 0.5) is 11.4 Å². The lowest BCUT2D eigenvalue weighted by Gasteiger charge is -2.42. The van der Waals surface area contributed by atoms with E-state index >= 15 is 0 Å². The number of likely N-dealkylation sites (N-methyl/N-ethyl adjacent to an activating group) is 1. The summed E-state index contributed by atoms with van der Waals surface area (Å²) in [5.41, 5.74) is 0.450. The third-order valence-corrected chi connectivity index (χ3v) is 6.68. The molecular weight excluding hydrogens is 459 g/mol. The number of nitrogens with one attached hydrogen (secondary N) is 1. The molecule has 1 aliphatic rings. The molecule has 9 nitrogen and oxygen atoms in total. The molecule has 2 aromatic rings. The SMILES string of the molecule is CC(=O)N[C@@H](c1cccc([N+](=O)[O-])c1)C(c1cc(Cl)c(Cl)cc1[N+](=O)[O-])[N+]1(C)CCCC1. The van der Waals surface area contributed by atoms with Gasteiger partial charge in [0.2, 0.25) is 5.91 Å². The van der Waals surface area contributed by atoms with Gasteiger partial charge in [-0.25, -0.2) is 0 Å². The van der Waals surface area contributed by atoms with Gasteiger partial charge in [-0.3, -0.25) is 25.0 Å². The Kier molecular flexibility index (Phi) is 7.02. The summed E-state index contributed by atoms with van der Waals surface area (Å²) in [6.07, 6.45) is 1.81. The Morgan fingerprint density at radius 2 is 1.69 bits per heavy atom. The molecule has 0 aliphatic carbocycles. The predicted octanol–water partition coefficient (Wildman–Crippen LogP) is 4.97. The van der Waals surface area contributed by atoms with E-state index in [1.165, 1.54) is 37.3 Å². The summed E-state index contributed by atoms with van der Waals surface area (Å²) in [4.78, 5) is 34.5. The number of non-ortho nitro benzene ring substituents is 1. The summed E-state index contributed by atoms with van der Waals surface area (Å²) >= 11 is 12.4. The summed E-state index contributed by atoms with van der Waals surface area (Å²) in [5.74, 6) is -0.361. The number of likely N-dealkylation sites (tertiary alicyclic amines) is 1. The quantitative estimate of drug-likeness (QED) is 0.340. The van der Waals surface area contributed by atoms with Crippen LogP contribution in [0.3, 0.4) is 0 Å². The molecule has 0 aromatic heterocycles. The van der Waals surface area contributed by atoms with Gasteiger partial charge in [-0.15, -0.1) is 0 Å². The van der Waals surface area contributed by atoms with Gasteiger partial charge < -0.3 is 9.80 Å². The molecule has 11 heteroatoms. The molecule has 32 heavy (non-hydrogen) atoms. The molecular formula is C21H23Cl2N4O5+. The average molecular weight is 482 g/mol. The third kappa shape index (κ3) is 4.85. The van der Waals surface area contributed by atoms with Crippen molar-refractivity contribution in [2.24, 2.45) is 0 Å². The highest BCUT2D eigenvalue weighted by Crippen LogP contribution is 2.46. The second kappa shape index (κ2) is 9.40. The van der Waals surface area contributed by atoms with E-state index in [4.69, 9.17) is 23.2 Å². The van der Waals surface area contributed by atoms with Gasteiger partial charge >= 0.3 is 0 Å². The van der Waals surface area contributed by atoms with Crippen LogP contribution in [0, 0.1) is 20.2 Å². The van der Waals surface area contributed by atoms with Crippen molar-refractivity contribution in [2.75, 3.05) is 20.1 Å². The van der Waals surface area contributed by atoms with Crippen LogP contribution in [-0.4, -0.2) is 40.4 Å². The number of quaternary nitrogens is 1. The topological polar surface area (TPSA) is 115 Å². The van der Waals surface area contributed by atoms with Crippen LogP contribution in [0.25, 0.3) is 0 Å². The van der Waals surface area contributed by atoms with Crippen molar-refractivity contribution in [1.29, 1.82) is 0 Å². The van der Waals surface area contributed by atoms with Crippen LogP contribution in [0.15, 0.2) is 36.4 Å². The number of carbonyl (C=O) groups excluding carboxylic acids is 1. The van der Waals surface area contributed by atoms with E-state index in [-0.39, 0.29) is 27.3 Å². The second-order valence-corrected chi connectivity index (χ2v) is 9.01. The number of rotatable bonds is 7. The largest absolute Gasteiger partial charge is 0.343 e. The normalized spacial score (nSPS) is 16.9. The lowest BCUT2D eigenvalue weighted by molar-refractivity contribution is -0.930. The molecule has 1 unspecified atom stereocenters. The van der Waals surface area contributed by atoms with Crippen molar-refractivity contribution in [3.63, 3.8) is 0 Å². The van der Waals surface area contributed by atoms with Crippen molar-refractivity contribution in [3.05, 3.63) is 77.8 Å². The number of carbonyl (C=O) groups is 1. The first-order chi connectivity index (χ1) is 15.0. The maximum absolute atomic E-state index is 12.2. The lowest BCUT2D eigenvalue weighted by Crippen LogP contribution is -2.50. The van der Waals surface area contributed by atoms with Gasteiger partial charge in [-0.05, 0) is 11.6 Å². The third-order valence-electron chi connectivity index (χ3n) is 5.96. The highest BCUT2D eigenvalue weighted by molar-refractivity contribution is 6.42. The Morgan fingerprint density at radius 1 is 1.06 bits per heavy atom. The maximum Gasteiger partial charge on any atom is 0.280 e. The molecule has 1 aliphatic heterocycles. The summed E-state index contributed by atoms with van der Waals surface area (Å²) in [6, 6.07) is 7.24. The fourth-order valence-electron chi connectivity index (χ4n) is 4.55. The monoisotopic (exact) mass is 481 g/mol. The summed E-state index contributed by atoms with van der Waals surface area (Å²) in [7, 11) is 1.97. The average Bonchev–Trinajstić information content (AvgIpc) is 3.16. The van der Waals surface area contributed by atoms with Crippen LogP contribution in [-0.2, 0) is 4.79 Å². The van der Waals surface area contributed by atoms with E-state index in [9.17, 15) is 25.0 Å². The number of nitro groups is 2. The summed E-state index contributed by atoms with van der Waals surface area (Å²) in [6.45, 7) is 2.77. The zero-order chi connectivity index (χ0) is 23.6. The Labute approximate surface area is 194 Å². The van der Waals surface area contributed by atoms with Gasteiger partial charge in [0.15, 0.2) is 0 Å². The number of hydrogen-bond donors (Lipinski definition) is 1. The Balaban J connectivity index is 2.30. The molecule has 170 valence electrons. The van der Waals surface area contributed by atoms with Crippen molar-refractivity contribution in [2.45, 2.75) is 31.8 Å². The minimum Gasteiger partial charge on any atom is -0.343 e. The summed E-state index contributed by atoms with van der Waals surface area (Å²) in [5, 5.41) is 26.4. The van der Waals surface area contributed by atoms with E-state index in [1.807, 2.05) is 7.05 Å². The molecule has 1 heterocycles. The van der Waals surface area contributed by atoms with E-state index in [1.54, 1.807) is 6.07 Å². The smallest absolute Gasteiger partial charge is 0.280 e. The van der Waals surface area contributed by atoms with Crippen molar-refractivity contribution in [1.82, 2.24) is 5.32 Å². The molecule has 2 atom stereocenters. The zero-order valence-electron chi connectivity index (χ0n) is 17.6. The Morgan fingerprint density at radius 3 is 2.25 bits per heavy atom. The molecule has 0 radical (unpaired) electrons. The second-order valence-electron chi connectivity index (χ2n) is 8.19. The van der Waals surface area contributed by atoms with Gasteiger partial charge in [0.25, 0.3) is 11.4 Å². The maximum atomic E-state index is 12.2. The fourth-order valence-corrected chi connectivity index (χ4v) is 4.88.